The van der Waals surface area contributed by atoms with Gasteiger partial charge in [0.15, 0.2) is 6.23 Å². The number of phosphoric ester groups is 1. The number of hydrogen-bond acceptors (Lipinski definition) is 9. The lowest BCUT2D eigenvalue weighted by molar-refractivity contribution is -0.222. The molecule has 0 spiro atoms. The molecule has 0 radical (unpaired) electrons. The van der Waals surface area contributed by atoms with Gasteiger partial charge >= 0.3 is 0 Å². The van der Waals surface area contributed by atoms with Crippen LogP contribution in [0.4, 0.5) is 5.82 Å². The number of hydrogen-bond donors (Lipinski definition) is 2. The maximum Gasteiger partial charge on any atom is 0.268 e. The first-order chi connectivity index (χ1) is 9.41. The highest BCUT2D eigenvalue weighted by molar-refractivity contribution is 7.71. The van der Waals surface area contributed by atoms with Gasteiger partial charge in [0.2, 0.25) is 4.77 Å². The van der Waals surface area contributed by atoms with Gasteiger partial charge in [-0.25, -0.2) is 4.98 Å². The fraction of sp³-hybridized carbons (Fsp3) is 0.556. The van der Waals surface area contributed by atoms with E-state index < -0.39 is 39.0 Å². The van der Waals surface area contributed by atoms with E-state index >= 15 is 0 Å². The van der Waals surface area contributed by atoms with Crippen molar-refractivity contribution in [1.29, 1.82) is 0 Å². The minimum absolute atomic E-state index is 0.114. The van der Waals surface area contributed by atoms with Crippen molar-refractivity contribution in [3.8, 4) is 0 Å². The molecule has 20 heavy (non-hydrogen) atoms. The third-order valence-corrected chi connectivity index (χ3v) is 4.40. The number of fused-ring (bicyclic) bond motifs is 1. The van der Waals surface area contributed by atoms with E-state index in [0.717, 1.165) is 0 Å². The summed E-state index contributed by atoms with van der Waals surface area (Å²) in [6.07, 6.45) is -2.00. The second-order valence-corrected chi connectivity index (χ2v) is 6.06. The standard InChI is InChI=1S/C9H12N3O6PS/c10-5-1-2-12(9(20)11-5)8-7-6(4(3-13)16-8)17-19(14,15)18-7/h1-2,4,6-8,13H,3H2,(H,14,15)(H2,10,11,20)/p-1/t4-,6-,7-,8-/m1/s1. The number of rotatable bonds is 2. The lowest BCUT2D eigenvalue weighted by atomic mass is 10.1. The number of nitrogens with two attached hydrogens (primary N) is 1. The molecule has 3 heterocycles. The number of ether oxygens (including phenoxy) is 1. The Balaban J connectivity index is 1.98. The Kier molecular flexibility index (Phi) is 3.41. The van der Waals surface area contributed by atoms with Crippen molar-refractivity contribution in [2.45, 2.75) is 24.5 Å². The van der Waals surface area contributed by atoms with E-state index in [0.29, 0.717) is 0 Å². The molecule has 3 rings (SSSR count). The summed E-state index contributed by atoms with van der Waals surface area (Å²) in [5.74, 6) is 0.234. The van der Waals surface area contributed by atoms with Crippen LogP contribution in [-0.4, -0.2) is 39.6 Å². The Bertz CT molecular complexity index is 638. The zero-order valence-electron chi connectivity index (χ0n) is 9.99. The van der Waals surface area contributed by atoms with Gasteiger partial charge in [0, 0.05) is 6.20 Å². The van der Waals surface area contributed by atoms with Crippen molar-refractivity contribution in [3.63, 3.8) is 0 Å². The molecule has 5 atom stereocenters. The fourth-order valence-corrected chi connectivity index (χ4v) is 3.66. The minimum Gasteiger partial charge on any atom is -0.756 e. The summed E-state index contributed by atoms with van der Waals surface area (Å²) >= 11 is 5.05. The van der Waals surface area contributed by atoms with E-state index in [-0.39, 0.29) is 10.6 Å². The van der Waals surface area contributed by atoms with Crippen molar-refractivity contribution >= 4 is 25.9 Å². The summed E-state index contributed by atoms with van der Waals surface area (Å²) < 4.78 is 28.1. The third-order valence-electron chi connectivity index (χ3n) is 3.09. The molecule has 11 heteroatoms. The highest BCUT2D eigenvalue weighted by atomic mass is 32.1. The highest BCUT2D eigenvalue weighted by Crippen LogP contribution is 2.55. The lowest BCUT2D eigenvalue weighted by Crippen LogP contribution is -2.30. The molecule has 0 aromatic carbocycles. The van der Waals surface area contributed by atoms with Crippen LogP contribution in [0.5, 0.6) is 0 Å². The van der Waals surface area contributed by atoms with Gasteiger partial charge in [0.05, 0.1) is 6.61 Å². The molecule has 1 aromatic heterocycles. The highest BCUT2D eigenvalue weighted by Gasteiger charge is 2.54. The molecular formula is C9H11N3O6PS-. The van der Waals surface area contributed by atoms with Gasteiger partial charge in [0.1, 0.15) is 24.1 Å². The van der Waals surface area contributed by atoms with Crippen molar-refractivity contribution in [3.05, 3.63) is 17.0 Å². The smallest absolute Gasteiger partial charge is 0.268 e. The number of anilines is 1. The van der Waals surface area contributed by atoms with Crippen molar-refractivity contribution in [2.75, 3.05) is 12.3 Å². The van der Waals surface area contributed by atoms with Crippen LogP contribution in [0.25, 0.3) is 0 Å². The van der Waals surface area contributed by atoms with Crippen LogP contribution >= 0.6 is 20.0 Å². The Hall–Kier alpha value is -0.870. The molecule has 110 valence electrons. The fourth-order valence-electron chi connectivity index (χ4n) is 2.26. The zero-order valence-corrected chi connectivity index (χ0v) is 11.7. The predicted octanol–water partition coefficient (Wildman–Crippen LogP) is -0.663. The van der Waals surface area contributed by atoms with Crippen LogP contribution in [0.15, 0.2) is 12.3 Å². The summed E-state index contributed by atoms with van der Waals surface area (Å²) in [5, 5.41) is 9.24. The van der Waals surface area contributed by atoms with E-state index in [9.17, 15) is 14.6 Å². The maximum absolute atomic E-state index is 11.4. The van der Waals surface area contributed by atoms with E-state index in [1.54, 1.807) is 0 Å². The van der Waals surface area contributed by atoms with Gasteiger partial charge in [-0.3, -0.25) is 9.13 Å². The number of aliphatic hydroxyl groups excluding tert-OH is 1. The minimum atomic E-state index is -4.39. The van der Waals surface area contributed by atoms with Gasteiger partial charge in [-0.15, -0.1) is 0 Å². The normalized spacial score (nSPS) is 39.9. The molecule has 2 aliphatic heterocycles. The molecule has 2 fully saturated rings. The Morgan fingerprint density at radius 3 is 2.90 bits per heavy atom. The molecule has 0 amide bonds. The molecule has 1 unspecified atom stereocenters. The molecule has 3 N–H and O–H groups in total. The summed E-state index contributed by atoms with van der Waals surface area (Å²) in [6.45, 7) is -0.406. The summed E-state index contributed by atoms with van der Waals surface area (Å²) in [7, 11) is -4.39. The van der Waals surface area contributed by atoms with Crippen LogP contribution in [0.3, 0.4) is 0 Å². The van der Waals surface area contributed by atoms with Gasteiger partial charge in [-0.2, -0.15) is 0 Å². The number of aromatic nitrogens is 2. The van der Waals surface area contributed by atoms with Crippen LogP contribution in [-0.2, 0) is 18.3 Å². The lowest BCUT2D eigenvalue weighted by Gasteiger charge is -2.23. The second-order valence-electron chi connectivity index (χ2n) is 4.38. The molecule has 2 saturated heterocycles. The molecule has 2 aliphatic rings. The van der Waals surface area contributed by atoms with E-state index in [1.807, 2.05) is 0 Å². The van der Waals surface area contributed by atoms with E-state index in [4.69, 9.17) is 31.7 Å². The molecule has 0 bridgehead atoms. The molecule has 1 aromatic rings. The first-order valence-electron chi connectivity index (χ1n) is 5.70. The average Bonchev–Trinajstić information content (AvgIpc) is 2.83. The second kappa shape index (κ2) is 4.85. The number of phosphoric acid groups is 1. The largest absolute Gasteiger partial charge is 0.756 e. The molecular weight excluding hydrogens is 309 g/mol. The predicted molar refractivity (Wildman–Crippen MR) is 65.8 cm³/mol. The maximum atomic E-state index is 11.4. The number of aliphatic hydroxyl groups is 1. The van der Waals surface area contributed by atoms with Gasteiger partial charge in [0.25, 0.3) is 7.82 Å². The van der Waals surface area contributed by atoms with Gasteiger partial charge in [-0.1, -0.05) is 0 Å². The third kappa shape index (κ3) is 2.29. The van der Waals surface area contributed by atoms with Crippen LogP contribution in [0.2, 0.25) is 0 Å². The quantitative estimate of drug-likeness (QED) is 0.538. The van der Waals surface area contributed by atoms with E-state index in [1.165, 1.54) is 16.8 Å². The Labute approximate surface area is 118 Å². The molecule has 0 saturated carbocycles. The van der Waals surface area contributed by atoms with Crippen LogP contribution in [0.1, 0.15) is 6.23 Å². The summed E-state index contributed by atoms with van der Waals surface area (Å²) in [6, 6.07) is 1.49. The van der Waals surface area contributed by atoms with Crippen molar-refractivity contribution in [1.82, 2.24) is 9.55 Å². The zero-order chi connectivity index (χ0) is 14.5. The molecule has 9 nitrogen and oxygen atoms in total. The SMILES string of the molecule is Nc1ccn([C@@H]2O[C@H](CO)[C@H]3OP(=O)([O-])O[C@H]32)c(=S)n1. The molecule has 0 aliphatic carbocycles. The van der Waals surface area contributed by atoms with Crippen LogP contribution in [0, 0.1) is 4.77 Å². The summed E-state index contributed by atoms with van der Waals surface area (Å²) in [5.41, 5.74) is 5.51. The Morgan fingerprint density at radius 1 is 1.55 bits per heavy atom. The van der Waals surface area contributed by atoms with E-state index in [2.05, 4.69) is 4.98 Å². The monoisotopic (exact) mass is 320 g/mol. The van der Waals surface area contributed by atoms with Gasteiger partial charge in [-0.05, 0) is 18.3 Å². The van der Waals surface area contributed by atoms with Crippen LogP contribution < -0.4 is 10.6 Å². The topological polar surface area (TPSA) is 132 Å². The van der Waals surface area contributed by atoms with Crippen molar-refractivity contribution < 1.29 is 28.3 Å². The van der Waals surface area contributed by atoms with Gasteiger partial charge < -0.3 is 29.5 Å². The summed E-state index contributed by atoms with van der Waals surface area (Å²) in [4.78, 5) is 15.3. The number of nitrogen functional groups attached to an aromatic ring is 1. The van der Waals surface area contributed by atoms with Crippen molar-refractivity contribution in [2.24, 2.45) is 0 Å². The average molecular weight is 320 g/mol. The number of nitrogens with zero attached hydrogens (tertiary/aromatic N) is 2. The first-order valence-corrected chi connectivity index (χ1v) is 7.57. The Morgan fingerprint density at radius 2 is 2.25 bits per heavy atom. The first kappa shape index (κ1) is 14.1.